The van der Waals surface area contributed by atoms with E-state index in [9.17, 15) is 10.1 Å². The SMILES string of the molecule is O=[N+]([O-])c1ccn(COc2ccc(CNNc3ccccc3)cc2)n1. The Hall–Kier alpha value is -3.39. The van der Waals surface area contributed by atoms with E-state index in [1.165, 1.54) is 16.9 Å². The summed E-state index contributed by atoms with van der Waals surface area (Å²) >= 11 is 0. The highest BCUT2D eigenvalue weighted by molar-refractivity contribution is 5.41. The fourth-order valence-electron chi connectivity index (χ4n) is 2.13. The third-order valence-corrected chi connectivity index (χ3v) is 3.40. The van der Waals surface area contributed by atoms with Crippen LogP contribution in [0.4, 0.5) is 11.5 Å². The van der Waals surface area contributed by atoms with E-state index in [0.29, 0.717) is 12.3 Å². The first-order valence-electron chi connectivity index (χ1n) is 7.64. The first-order valence-corrected chi connectivity index (χ1v) is 7.64. The topological polar surface area (TPSA) is 94.2 Å². The summed E-state index contributed by atoms with van der Waals surface area (Å²) in [4.78, 5) is 10.0. The normalized spacial score (nSPS) is 10.4. The Kier molecular flexibility index (Phi) is 5.22. The largest absolute Gasteiger partial charge is 0.469 e. The molecule has 2 aromatic carbocycles. The number of hydrogen-bond donors (Lipinski definition) is 2. The molecule has 0 aliphatic heterocycles. The fraction of sp³-hybridized carbons (Fsp3) is 0.118. The Morgan fingerprint density at radius 2 is 1.84 bits per heavy atom. The minimum absolute atomic E-state index is 0.112. The first-order chi connectivity index (χ1) is 12.2. The molecule has 128 valence electrons. The Balaban J connectivity index is 1.45. The van der Waals surface area contributed by atoms with Gasteiger partial charge < -0.3 is 20.3 Å². The van der Waals surface area contributed by atoms with Crippen LogP contribution in [0.5, 0.6) is 5.75 Å². The molecule has 0 fully saturated rings. The molecule has 0 aliphatic carbocycles. The second kappa shape index (κ2) is 7.93. The molecule has 0 radical (unpaired) electrons. The number of aromatic nitrogens is 2. The second-order valence-electron chi connectivity index (χ2n) is 5.23. The molecule has 0 saturated heterocycles. The molecule has 25 heavy (non-hydrogen) atoms. The maximum atomic E-state index is 10.6. The third-order valence-electron chi connectivity index (χ3n) is 3.40. The standard InChI is InChI=1S/C17H17N5O3/c23-22(24)17-10-11-21(20-17)13-25-16-8-6-14(7-9-16)12-18-19-15-4-2-1-3-5-15/h1-11,18-19H,12-13H2. The fourth-order valence-corrected chi connectivity index (χ4v) is 2.13. The second-order valence-corrected chi connectivity index (χ2v) is 5.23. The maximum absolute atomic E-state index is 10.6. The van der Waals surface area contributed by atoms with Gasteiger partial charge in [-0.25, -0.2) is 5.43 Å². The Labute approximate surface area is 144 Å². The number of nitrogens with one attached hydrogen (secondary N) is 2. The summed E-state index contributed by atoms with van der Waals surface area (Å²) < 4.78 is 6.93. The molecule has 0 spiro atoms. The van der Waals surface area contributed by atoms with Gasteiger partial charge in [-0.15, -0.1) is 4.68 Å². The molecule has 1 heterocycles. The molecule has 3 rings (SSSR count). The molecule has 2 N–H and O–H groups in total. The number of anilines is 1. The van der Waals surface area contributed by atoms with Gasteiger partial charge in [0.1, 0.15) is 5.75 Å². The molecule has 0 unspecified atom stereocenters. The van der Waals surface area contributed by atoms with E-state index in [4.69, 9.17) is 4.74 Å². The van der Waals surface area contributed by atoms with Gasteiger partial charge in [0, 0.05) is 12.2 Å². The Morgan fingerprint density at radius 3 is 2.52 bits per heavy atom. The number of para-hydroxylation sites is 1. The van der Waals surface area contributed by atoms with Gasteiger partial charge >= 0.3 is 5.82 Å². The van der Waals surface area contributed by atoms with Crippen LogP contribution in [0.3, 0.4) is 0 Å². The van der Waals surface area contributed by atoms with E-state index in [2.05, 4.69) is 16.0 Å². The van der Waals surface area contributed by atoms with Crippen molar-refractivity contribution in [2.75, 3.05) is 5.43 Å². The number of benzene rings is 2. The van der Waals surface area contributed by atoms with Crippen LogP contribution in [0.15, 0.2) is 66.9 Å². The van der Waals surface area contributed by atoms with Crippen LogP contribution in [0.25, 0.3) is 0 Å². The maximum Gasteiger partial charge on any atom is 0.390 e. The summed E-state index contributed by atoms with van der Waals surface area (Å²) in [5, 5.41) is 14.4. The lowest BCUT2D eigenvalue weighted by atomic mass is 10.2. The van der Waals surface area contributed by atoms with Crippen molar-refractivity contribution in [2.24, 2.45) is 0 Å². The molecule has 0 bridgehead atoms. The monoisotopic (exact) mass is 339 g/mol. The van der Waals surface area contributed by atoms with Crippen LogP contribution in [0.2, 0.25) is 0 Å². The lowest BCUT2D eigenvalue weighted by Crippen LogP contribution is -2.20. The molecule has 0 saturated carbocycles. The summed E-state index contributed by atoms with van der Waals surface area (Å²) in [5.41, 5.74) is 8.34. The van der Waals surface area contributed by atoms with Crippen molar-refractivity contribution in [3.05, 3.63) is 82.5 Å². The zero-order valence-electron chi connectivity index (χ0n) is 13.3. The number of ether oxygens (including phenoxy) is 1. The van der Waals surface area contributed by atoms with E-state index < -0.39 is 4.92 Å². The van der Waals surface area contributed by atoms with Crippen LogP contribution in [-0.2, 0) is 13.3 Å². The first kappa shape index (κ1) is 16.5. The quantitative estimate of drug-likeness (QED) is 0.484. The minimum atomic E-state index is -0.540. The predicted octanol–water partition coefficient (Wildman–Crippen LogP) is 2.94. The number of hydrogen-bond acceptors (Lipinski definition) is 6. The highest BCUT2D eigenvalue weighted by atomic mass is 16.6. The summed E-state index contributed by atoms with van der Waals surface area (Å²) in [6.45, 7) is 0.765. The molecule has 8 heteroatoms. The van der Waals surface area contributed by atoms with Crippen molar-refractivity contribution >= 4 is 11.5 Å². The van der Waals surface area contributed by atoms with Crippen molar-refractivity contribution in [3.8, 4) is 5.75 Å². The van der Waals surface area contributed by atoms with Crippen molar-refractivity contribution in [2.45, 2.75) is 13.3 Å². The van der Waals surface area contributed by atoms with E-state index >= 15 is 0 Å². The highest BCUT2D eigenvalue weighted by Crippen LogP contribution is 2.13. The smallest absolute Gasteiger partial charge is 0.390 e. The molecule has 0 amide bonds. The van der Waals surface area contributed by atoms with E-state index in [-0.39, 0.29) is 12.5 Å². The molecule has 0 atom stereocenters. The average Bonchev–Trinajstić information content (AvgIpc) is 3.11. The molecule has 3 aromatic rings. The van der Waals surface area contributed by atoms with Crippen LogP contribution < -0.4 is 15.6 Å². The number of hydrazine groups is 1. The van der Waals surface area contributed by atoms with E-state index in [1.807, 2.05) is 54.6 Å². The van der Waals surface area contributed by atoms with Gasteiger partial charge in [-0.2, -0.15) is 0 Å². The molecule has 8 nitrogen and oxygen atoms in total. The van der Waals surface area contributed by atoms with Gasteiger partial charge in [0.2, 0.25) is 6.73 Å². The molecular formula is C17H17N5O3. The van der Waals surface area contributed by atoms with Crippen molar-refractivity contribution < 1.29 is 9.66 Å². The predicted molar refractivity (Wildman–Crippen MR) is 92.9 cm³/mol. The van der Waals surface area contributed by atoms with Gasteiger partial charge in [-0.3, -0.25) is 0 Å². The van der Waals surface area contributed by atoms with E-state index in [0.717, 1.165) is 11.3 Å². The summed E-state index contributed by atoms with van der Waals surface area (Å²) in [6.07, 6.45) is 1.51. The van der Waals surface area contributed by atoms with Crippen molar-refractivity contribution in [1.29, 1.82) is 0 Å². The Bertz CT molecular complexity index is 818. The number of nitro groups is 1. The van der Waals surface area contributed by atoms with Gasteiger partial charge in [0.15, 0.2) is 0 Å². The van der Waals surface area contributed by atoms with E-state index in [1.54, 1.807) is 0 Å². The zero-order chi connectivity index (χ0) is 17.5. The van der Waals surface area contributed by atoms with Gasteiger partial charge in [0.05, 0.1) is 17.4 Å². The van der Waals surface area contributed by atoms with Crippen molar-refractivity contribution in [3.63, 3.8) is 0 Å². The summed E-state index contributed by atoms with van der Waals surface area (Å²) in [5.74, 6) is 0.467. The average molecular weight is 339 g/mol. The van der Waals surface area contributed by atoms with Gasteiger partial charge in [-0.05, 0) is 34.8 Å². The van der Waals surface area contributed by atoms with Crippen LogP contribution in [-0.4, -0.2) is 14.7 Å². The van der Waals surface area contributed by atoms with Crippen LogP contribution in [0.1, 0.15) is 5.56 Å². The molecule has 0 aliphatic rings. The lowest BCUT2D eigenvalue weighted by molar-refractivity contribution is -0.389. The highest BCUT2D eigenvalue weighted by Gasteiger charge is 2.10. The van der Waals surface area contributed by atoms with Crippen LogP contribution >= 0.6 is 0 Å². The van der Waals surface area contributed by atoms with Gasteiger partial charge in [0.25, 0.3) is 0 Å². The molecular weight excluding hydrogens is 322 g/mol. The molecule has 1 aromatic heterocycles. The zero-order valence-corrected chi connectivity index (χ0v) is 13.3. The Morgan fingerprint density at radius 1 is 1.08 bits per heavy atom. The lowest BCUT2D eigenvalue weighted by Gasteiger charge is -2.09. The van der Waals surface area contributed by atoms with Crippen molar-refractivity contribution in [1.82, 2.24) is 15.2 Å². The van der Waals surface area contributed by atoms with Crippen LogP contribution in [0, 0.1) is 10.1 Å². The summed E-state index contributed by atoms with van der Waals surface area (Å²) in [6, 6.07) is 18.8. The third kappa shape index (κ3) is 4.79. The minimum Gasteiger partial charge on any atom is -0.469 e. The number of nitrogens with zero attached hydrogens (tertiary/aromatic N) is 3. The number of rotatable bonds is 8. The van der Waals surface area contributed by atoms with Gasteiger partial charge in [-0.1, -0.05) is 30.3 Å². The summed E-state index contributed by atoms with van der Waals surface area (Å²) in [7, 11) is 0.